The van der Waals surface area contributed by atoms with E-state index in [4.69, 9.17) is 0 Å². The van der Waals surface area contributed by atoms with Crippen LogP contribution < -0.4 is 5.32 Å². The standard InChI is InChI=1S/C16H25NO/c1-11-7-8-12(2)16(9-11)13(3)17-14-5-4-6-15(18)10-14/h7-9,13-15,17-18H,4-6,10H2,1-3H3. The third kappa shape index (κ3) is 3.33. The first-order valence-electron chi connectivity index (χ1n) is 7.07. The molecule has 1 saturated carbocycles. The lowest BCUT2D eigenvalue weighted by molar-refractivity contribution is 0.109. The molecule has 0 saturated heterocycles. The summed E-state index contributed by atoms with van der Waals surface area (Å²) in [6, 6.07) is 7.45. The van der Waals surface area contributed by atoms with Gasteiger partial charge in [-0.15, -0.1) is 0 Å². The summed E-state index contributed by atoms with van der Waals surface area (Å²) >= 11 is 0. The second-order valence-electron chi connectivity index (χ2n) is 5.77. The highest BCUT2D eigenvalue weighted by molar-refractivity contribution is 5.32. The van der Waals surface area contributed by atoms with Gasteiger partial charge in [0.25, 0.3) is 0 Å². The normalized spacial score (nSPS) is 26.0. The van der Waals surface area contributed by atoms with Gasteiger partial charge in [-0.2, -0.15) is 0 Å². The van der Waals surface area contributed by atoms with Gasteiger partial charge in [-0.1, -0.05) is 23.8 Å². The molecule has 1 fully saturated rings. The zero-order valence-electron chi connectivity index (χ0n) is 11.7. The van der Waals surface area contributed by atoms with E-state index >= 15 is 0 Å². The highest BCUT2D eigenvalue weighted by atomic mass is 16.3. The maximum Gasteiger partial charge on any atom is 0.0555 e. The summed E-state index contributed by atoms with van der Waals surface area (Å²) in [7, 11) is 0. The Balaban J connectivity index is 2.02. The van der Waals surface area contributed by atoms with Gasteiger partial charge in [0.05, 0.1) is 6.10 Å². The number of aliphatic hydroxyl groups excluding tert-OH is 1. The summed E-state index contributed by atoms with van der Waals surface area (Å²) in [6.07, 6.45) is 4.08. The van der Waals surface area contributed by atoms with Crippen LogP contribution in [0.4, 0.5) is 0 Å². The average molecular weight is 247 g/mol. The summed E-state index contributed by atoms with van der Waals surface area (Å²) in [5.74, 6) is 0. The topological polar surface area (TPSA) is 32.3 Å². The highest BCUT2D eigenvalue weighted by Crippen LogP contribution is 2.24. The van der Waals surface area contributed by atoms with Crippen molar-refractivity contribution in [3.63, 3.8) is 0 Å². The van der Waals surface area contributed by atoms with Gasteiger partial charge in [-0.3, -0.25) is 0 Å². The second-order valence-corrected chi connectivity index (χ2v) is 5.77. The van der Waals surface area contributed by atoms with Crippen molar-refractivity contribution in [2.24, 2.45) is 0 Å². The predicted molar refractivity (Wildman–Crippen MR) is 75.7 cm³/mol. The van der Waals surface area contributed by atoms with Crippen LogP contribution in [-0.2, 0) is 0 Å². The SMILES string of the molecule is Cc1ccc(C)c(C(C)NC2CCCC(O)C2)c1. The lowest BCUT2D eigenvalue weighted by Gasteiger charge is -2.30. The van der Waals surface area contributed by atoms with Crippen LogP contribution in [0.5, 0.6) is 0 Å². The Morgan fingerprint density at radius 2 is 2.06 bits per heavy atom. The first-order valence-corrected chi connectivity index (χ1v) is 7.07. The van der Waals surface area contributed by atoms with E-state index in [1.54, 1.807) is 0 Å². The molecule has 1 aromatic carbocycles. The average Bonchev–Trinajstić information content (AvgIpc) is 2.32. The van der Waals surface area contributed by atoms with E-state index in [0.29, 0.717) is 12.1 Å². The molecule has 1 aliphatic rings. The Kier molecular flexibility index (Phi) is 4.41. The van der Waals surface area contributed by atoms with Crippen LogP contribution in [0.2, 0.25) is 0 Å². The van der Waals surface area contributed by atoms with E-state index in [2.05, 4.69) is 44.3 Å². The minimum atomic E-state index is -0.109. The smallest absolute Gasteiger partial charge is 0.0555 e. The highest BCUT2D eigenvalue weighted by Gasteiger charge is 2.22. The van der Waals surface area contributed by atoms with E-state index < -0.39 is 0 Å². The fourth-order valence-corrected chi connectivity index (χ4v) is 2.99. The molecule has 18 heavy (non-hydrogen) atoms. The van der Waals surface area contributed by atoms with Crippen molar-refractivity contribution in [3.8, 4) is 0 Å². The molecular weight excluding hydrogens is 222 g/mol. The van der Waals surface area contributed by atoms with Crippen LogP contribution in [0.1, 0.15) is 55.3 Å². The minimum Gasteiger partial charge on any atom is -0.393 e. The number of benzene rings is 1. The van der Waals surface area contributed by atoms with Gasteiger partial charge in [-0.25, -0.2) is 0 Å². The van der Waals surface area contributed by atoms with Crippen LogP contribution in [0.3, 0.4) is 0 Å². The molecular formula is C16H25NO. The fourth-order valence-electron chi connectivity index (χ4n) is 2.99. The molecule has 1 aromatic rings. The minimum absolute atomic E-state index is 0.109. The van der Waals surface area contributed by atoms with Crippen molar-refractivity contribution in [2.45, 2.75) is 64.6 Å². The van der Waals surface area contributed by atoms with Crippen LogP contribution in [0.15, 0.2) is 18.2 Å². The van der Waals surface area contributed by atoms with Crippen molar-refractivity contribution in [1.29, 1.82) is 0 Å². The van der Waals surface area contributed by atoms with Crippen molar-refractivity contribution in [1.82, 2.24) is 5.32 Å². The Bertz CT molecular complexity index is 402. The maximum absolute atomic E-state index is 9.72. The number of nitrogens with one attached hydrogen (secondary N) is 1. The Hall–Kier alpha value is -0.860. The second kappa shape index (κ2) is 5.85. The lowest BCUT2D eigenvalue weighted by Crippen LogP contribution is -2.37. The quantitative estimate of drug-likeness (QED) is 0.859. The summed E-state index contributed by atoms with van der Waals surface area (Å²) in [5.41, 5.74) is 4.04. The predicted octanol–water partition coefficient (Wildman–Crippen LogP) is 3.26. The number of aliphatic hydroxyl groups is 1. The Labute approximate surface area is 110 Å². The molecule has 0 spiro atoms. The zero-order valence-corrected chi connectivity index (χ0v) is 11.7. The molecule has 3 unspecified atom stereocenters. The van der Waals surface area contributed by atoms with Gasteiger partial charge < -0.3 is 10.4 Å². The van der Waals surface area contributed by atoms with E-state index in [9.17, 15) is 5.11 Å². The monoisotopic (exact) mass is 247 g/mol. The van der Waals surface area contributed by atoms with Crippen molar-refractivity contribution >= 4 is 0 Å². The zero-order chi connectivity index (χ0) is 13.1. The van der Waals surface area contributed by atoms with E-state index in [1.807, 2.05) is 0 Å². The number of hydrogen-bond donors (Lipinski definition) is 2. The van der Waals surface area contributed by atoms with Crippen LogP contribution in [0.25, 0.3) is 0 Å². The summed E-state index contributed by atoms with van der Waals surface area (Å²) in [6.45, 7) is 6.53. The number of aryl methyl sites for hydroxylation is 2. The maximum atomic E-state index is 9.72. The van der Waals surface area contributed by atoms with E-state index in [-0.39, 0.29) is 6.10 Å². The summed E-state index contributed by atoms with van der Waals surface area (Å²) in [4.78, 5) is 0. The number of rotatable bonds is 3. The van der Waals surface area contributed by atoms with Gasteiger partial charge in [0.2, 0.25) is 0 Å². The van der Waals surface area contributed by atoms with Crippen molar-refractivity contribution < 1.29 is 5.11 Å². The van der Waals surface area contributed by atoms with Gasteiger partial charge >= 0.3 is 0 Å². The van der Waals surface area contributed by atoms with Crippen LogP contribution >= 0.6 is 0 Å². The van der Waals surface area contributed by atoms with Gasteiger partial charge in [-0.05, 0) is 57.6 Å². The molecule has 3 atom stereocenters. The molecule has 2 N–H and O–H groups in total. The molecule has 0 heterocycles. The molecule has 100 valence electrons. The largest absolute Gasteiger partial charge is 0.393 e. The first kappa shape index (κ1) is 13.6. The van der Waals surface area contributed by atoms with Gasteiger partial charge in [0, 0.05) is 12.1 Å². The molecule has 2 heteroatoms. The summed E-state index contributed by atoms with van der Waals surface area (Å²) < 4.78 is 0. The lowest BCUT2D eigenvalue weighted by atomic mass is 9.91. The molecule has 0 amide bonds. The molecule has 0 radical (unpaired) electrons. The van der Waals surface area contributed by atoms with Crippen LogP contribution in [0, 0.1) is 13.8 Å². The third-order valence-electron chi connectivity index (χ3n) is 4.03. The van der Waals surface area contributed by atoms with E-state index in [0.717, 1.165) is 19.3 Å². The Morgan fingerprint density at radius 1 is 1.28 bits per heavy atom. The molecule has 0 aliphatic heterocycles. The van der Waals surface area contributed by atoms with Crippen molar-refractivity contribution in [3.05, 3.63) is 34.9 Å². The van der Waals surface area contributed by atoms with E-state index in [1.165, 1.54) is 23.1 Å². The molecule has 0 bridgehead atoms. The molecule has 2 nitrogen and oxygen atoms in total. The summed E-state index contributed by atoms with van der Waals surface area (Å²) in [5, 5.41) is 13.4. The van der Waals surface area contributed by atoms with Gasteiger partial charge in [0.15, 0.2) is 0 Å². The first-order chi connectivity index (χ1) is 8.56. The molecule has 0 aromatic heterocycles. The van der Waals surface area contributed by atoms with Crippen molar-refractivity contribution in [2.75, 3.05) is 0 Å². The molecule has 2 rings (SSSR count). The number of hydrogen-bond acceptors (Lipinski definition) is 2. The molecule has 1 aliphatic carbocycles. The third-order valence-corrected chi connectivity index (χ3v) is 4.03. The Morgan fingerprint density at radius 3 is 2.78 bits per heavy atom. The van der Waals surface area contributed by atoms with Crippen LogP contribution in [-0.4, -0.2) is 17.3 Å². The fraction of sp³-hybridized carbons (Fsp3) is 0.625. The van der Waals surface area contributed by atoms with Gasteiger partial charge in [0.1, 0.15) is 0 Å².